The normalized spacial score (nSPS) is 14.9. The summed E-state index contributed by atoms with van der Waals surface area (Å²) in [6.07, 6.45) is 4.71. The number of hydrogen-bond acceptors (Lipinski definition) is 3. The van der Waals surface area contributed by atoms with Crippen molar-refractivity contribution >= 4 is 5.91 Å². The number of aromatic nitrogens is 1. The summed E-state index contributed by atoms with van der Waals surface area (Å²) < 4.78 is 0. The van der Waals surface area contributed by atoms with Crippen LogP contribution in [-0.2, 0) is 11.2 Å². The van der Waals surface area contributed by atoms with Gasteiger partial charge in [-0.25, -0.2) is 0 Å². The standard InChI is InChI=1S/C25H27N3O/c29-25(24(22-7-3-1-4-8-22)23-9-5-2-6-10-23)28-19-17-27(18-20-28)16-13-21-11-14-26-15-12-21/h1-12,14-15,24H,13,16-20H2. The number of carbonyl (C=O) groups is 1. The highest BCUT2D eigenvalue weighted by atomic mass is 16.2. The van der Waals surface area contributed by atoms with Gasteiger partial charge in [-0.3, -0.25) is 14.7 Å². The van der Waals surface area contributed by atoms with Crippen molar-refractivity contribution in [2.24, 2.45) is 0 Å². The van der Waals surface area contributed by atoms with Gasteiger partial charge in [-0.15, -0.1) is 0 Å². The molecule has 1 fully saturated rings. The van der Waals surface area contributed by atoms with Crippen LogP contribution < -0.4 is 0 Å². The molecule has 0 bridgehead atoms. The molecular formula is C25H27N3O. The third kappa shape index (κ3) is 4.90. The Labute approximate surface area is 172 Å². The van der Waals surface area contributed by atoms with Crippen LogP contribution in [0.1, 0.15) is 22.6 Å². The maximum absolute atomic E-state index is 13.5. The Bertz CT molecular complexity index is 852. The molecule has 0 spiro atoms. The Kier molecular flexibility index (Phi) is 6.32. The van der Waals surface area contributed by atoms with E-state index in [9.17, 15) is 4.79 Å². The first-order valence-corrected chi connectivity index (χ1v) is 10.3. The van der Waals surface area contributed by atoms with Gasteiger partial charge in [0, 0.05) is 45.1 Å². The Morgan fingerprint density at radius 2 is 1.34 bits per heavy atom. The smallest absolute Gasteiger partial charge is 0.234 e. The molecule has 0 atom stereocenters. The molecule has 2 aromatic carbocycles. The Balaban J connectivity index is 1.40. The average Bonchev–Trinajstić information content (AvgIpc) is 2.80. The Hall–Kier alpha value is -2.98. The predicted molar refractivity (Wildman–Crippen MR) is 116 cm³/mol. The molecule has 1 aliphatic rings. The minimum atomic E-state index is -0.235. The molecule has 1 amide bonds. The quantitative estimate of drug-likeness (QED) is 0.651. The highest BCUT2D eigenvalue weighted by Crippen LogP contribution is 2.27. The summed E-state index contributed by atoms with van der Waals surface area (Å²) in [5, 5.41) is 0. The second-order valence-electron chi connectivity index (χ2n) is 7.53. The SMILES string of the molecule is O=C(C(c1ccccc1)c1ccccc1)N1CCN(CCc2ccncc2)CC1. The van der Waals surface area contributed by atoms with Gasteiger partial charge in [0.15, 0.2) is 0 Å². The van der Waals surface area contributed by atoms with Crippen molar-refractivity contribution < 1.29 is 4.79 Å². The lowest BCUT2D eigenvalue weighted by Crippen LogP contribution is -2.50. The molecule has 0 unspecified atom stereocenters. The summed E-state index contributed by atoms with van der Waals surface area (Å²) in [5.74, 6) is -0.0306. The van der Waals surface area contributed by atoms with E-state index in [2.05, 4.69) is 46.3 Å². The molecule has 0 saturated carbocycles. The van der Waals surface area contributed by atoms with Crippen LogP contribution in [0.2, 0.25) is 0 Å². The molecule has 148 valence electrons. The fourth-order valence-corrected chi connectivity index (χ4v) is 3.98. The predicted octanol–water partition coefficient (Wildman–Crippen LogP) is 3.60. The highest BCUT2D eigenvalue weighted by Gasteiger charge is 2.29. The summed E-state index contributed by atoms with van der Waals surface area (Å²) in [6.45, 7) is 4.43. The van der Waals surface area contributed by atoms with E-state index in [0.717, 1.165) is 50.3 Å². The summed E-state index contributed by atoms with van der Waals surface area (Å²) in [4.78, 5) is 22.0. The molecule has 1 saturated heterocycles. The van der Waals surface area contributed by atoms with Crippen molar-refractivity contribution in [3.8, 4) is 0 Å². The number of piperazine rings is 1. The molecular weight excluding hydrogens is 358 g/mol. The second kappa shape index (κ2) is 9.48. The number of rotatable bonds is 6. The van der Waals surface area contributed by atoms with Crippen molar-refractivity contribution in [2.75, 3.05) is 32.7 Å². The topological polar surface area (TPSA) is 36.4 Å². The maximum atomic E-state index is 13.5. The van der Waals surface area contributed by atoms with Crippen LogP contribution in [0.4, 0.5) is 0 Å². The number of carbonyl (C=O) groups excluding carboxylic acids is 1. The summed E-state index contributed by atoms with van der Waals surface area (Å²) >= 11 is 0. The summed E-state index contributed by atoms with van der Waals surface area (Å²) in [5.41, 5.74) is 3.43. The van der Waals surface area contributed by atoms with Crippen LogP contribution in [0.25, 0.3) is 0 Å². The van der Waals surface area contributed by atoms with E-state index in [-0.39, 0.29) is 11.8 Å². The number of hydrogen-bond donors (Lipinski definition) is 0. The van der Waals surface area contributed by atoms with Crippen LogP contribution in [0.3, 0.4) is 0 Å². The van der Waals surface area contributed by atoms with Gasteiger partial charge in [0.1, 0.15) is 0 Å². The van der Waals surface area contributed by atoms with Crippen LogP contribution in [0.15, 0.2) is 85.2 Å². The van der Waals surface area contributed by atoms with Gasteiger partial charge in [-0.05, 0) is 35.2 Å². The van der Waals surface area contributed by atoms with Gasteiger partial charge >= 0.3 is 0 Å². The number of amides is 1. The van der Waals surface area contributed by atoms with Gasteiger partial charge in [0.25, 0.3) is 0 Å². The zero-order valence-electron chi connectivity index (χ0n) is 16.7. The number of nitrogens with zero attached hydrogens (tertiary/aromatic N) is 3. The van der Waals surface area contributed by atoms with Crippen molar-refractivity contribution in [1.29, 1.82) is 0 Å². The zero-order chi connectivity index (χ0) is 19.9. The van der Waals surface area contributed by atoms with Gasteiger partial charge in [-0.1, -0.05) is 60.7 Å². The van der Waals surface area contributed by atoms with E-state index < -0.39 is 0 Å². The van der Waals surface area contributed by atoms with Crippen LogP contribution >= 0.6 is 0 Å². The molecule has 4 rings (SSSR count). The molecule has 1 aromatic heterocycles. The summed E-state index contributed by atoms with van der Waals surface area (Å²) in [7, 11) is 0. The van der Waals surface area contributed by atoms with E-state index in [0.29, 0.717) is 0 Å². The van der Waals surface area contributed by atoms with E-state index in [1.54, 1.807) is 0 Å². The van der Waals surface area contributed by atoms with Gasteiger partial charge < -0.3 is 4.90 Å². The molecule has 4 heteroatoms. The molecule has 29 heavy (non-hydrogen) atoms. The minimum Gasteiger partial charge on any atom is -0.339 e. The van der Waals surface area contributed by atoms with Crippen LogP contribution in [0.5, 0.6) is 0 Å². The Morgan fingerprint density at radius 3 is 1.90 bits per heavy atom. The van der Waals surface area contributed by atoms with E-state index in [4.69, 9.17) is 0 Å². The number of pyridine rings is 1. The molecule has 0 radical (unpaired) electrons. The van der Waals surface area contributed by atoms with Gasteiger partial charge in [0.05, 0.1) is 5.92 Å². The third-order valence-corrected chi connectivity index (χ3v) is 5.66. The minimum absolute atomic E-state index is 0.205. The molecule has 4 nitrogen and oxygen atoms in total. The summed E-state index contributed by atoms with van der Waals surface area (Å²) in [6, 6.07) is 24.4. The van der Waals surface area contributed by atoms with Crippen molar-refractivity contribution in [3.63, 3.8) is 0 Å². The van der Waals surface area contributed by atoms with E-state index >= 15 is 0 Å². The maximum Gasteiger partial charge on any atom is 0.234 e. The zero-order valence-corrected chi connectivity index (χ0v) is 16.7. The molecule has 0 aliphatic carbocycles. The average molecular weight is 386 g/mol. The monoisotopic (exact) mass is 385 g/mol. The Morgan fingerprint density at radius 1 is 0.793 bits per heavy atom. The largest absolute Gasteiger partial charge is 0.339 e. The first-order chi connectivity index (χ1) is 14.3. The van der Waals surface area contributed by atoms with Crippen LogP contribution in [0, 0.1) is 0 Å². The van der Waals surface area contributed by atoms with Gasteiger partial charge in [0.2, 0.25) is 5.91 Å². The molecule has 0 N–H and O–H groups in total. The van der Waals surface area contributed by atoms with Crippen molar-refractivity contribution in [3.05, 3.63) is 102 Å². The molecule has 2 heterocycles. The first-order valence-electron chi connectivity index (χ1n) is 10.3. The lowest BCUT2D eigenvalue weighted by atomic mass is 9.90. The molecule has 1 aliphatic heterocycles. The van der Waals surface area contributed by atoms with E-state index in [1.807, 2.05) is 53.7 Å². The fraction of sp³-hybridized carbons (Fsp3) is 0.280. The van der Waals surface area contributed by atoms with Crippen molar-refractivity contribution in [2.45, 2.75) is 12.3 Å². The second-order valence-corrected chi connectivity index (χ2v) is 7.53. The highest BCUT2D eigenvalue weighted by molar-refractivity contribution is 5.87. The number of benzene rings is 2. The third-order valence-electron chi connectivity index (χ3n) is 5.66. The van der Waals surface area contributed by atoms with Crippen LogP contribution in [-0.4, -0.2) is 53.4 Å². The van der Waals surface area contributed by atoms with E-state index in [1.165, 1.54) is 5.56 Å². The first kappa shape index (κ1) is 19.3. The fourth-order valence-electron chi connectivity index (χ4n) is 3.98. The van der Waals surface area contributed by atoms with Gasteiger partial charge in [-0.2, -0.15) is 0 Å². The lowest BCUT2D eigenvalue weighted by Gasteiger charge is -2.36. The lowest BCUT2D eigenvalue weighted by molar-refractivity contribution is -0.133. The van der Waals surface area contributed by atoms with Crippen molar-refractivity contribution in [1.82, 2.24) is 14.8 Å². The molecule has 3 aromatic rings.